The van der Waals surface area contributed by atoms with Crippen molar-refractivity contribution in [1.29, 1.82) is 0 Å². The van der Waals surface area contributed by atoms with Crippen LogP contribution in [0.4, 0.5) is 24.5 Å². The van der Waals surface area contributed by atoms with E-state index in [1.54, 1.807) is 67.6 Å². The van der Waals surface area contributed by atoms with E-state index in [0.717, 1.165) is 11.6 Å². The van der Waals surface area contributed by atoms with Crippen molar-refractivity contribution in [1.82, 2.24) is 0 Å². The number of hydrogen-bond donors (Lipinski definition) is 1. The quantitative estimate of drug-likeness (QED) is 0.279. The topological polar surface area (TPSA) is 80.2 Å². The molecule has 1 atom stereocenters. The molecule has 0 aliphatic carbocycles. The molecule has 0 radical (unpaired) electrons. The number of hydrazone groups is 1. The Labute approximate surface area is 229 Å². The van der Waals surface area contributed by atoms with Crippen LogP contribution in [-0.4, -0.2) is 27.6 Å². The number of alkyl halides is 3. The third-order valence-corrected chi connectivity index (χ3v) is 7.69. The van der Waals surface area contributed by atoms with Gasteiger partial charge in [0.15, 0.2) is 0 Å². The van der Waals surface area contributed by atoms with Crippen molar-refractivity contribution in [3.8, 4) is 5.75 Å². The summed E-state index contributed by atoms with van der Waals surface area (Å²) >= 11 is 0. The van der Waals surface area contributed by atoms with Crippen LogP contribution >= 0.6 is 0 Å². The third-order valence-electron chi connectivity index (χ3n) is 6.31. The summed E-state index contributed by atoms with van der Waals surface area (Å²) in [5, 5.41) is 4.99. The molecule has 1 N–H and O–H groups in total. The number of nitrogens with one attached hydrogen (secondary N) is 1. The zero-order chi connectivity index (χ0) is 28.5. The highest BCUT2D eigenvalue weighted by Crippen LogP contribution is 2.53. The maximum Gasteiger partial charge on any atom is 0.455 e. The predicted octanol–water partition coefficient (Wildman–Crippen LogP) is 6.42. The average Bonchev–Trinajstić information content (AvgIpc) is 3.37. The van der Waals surface area contributed by atoms with Gasteiger partial charge in [0.25, 0.3) is 10.0 Å². The molecule has 1 unspecified atom stereocenters. The fourth-order valence-corrected chi connectivity index (χ4v) is 5.39. The maximum atomic E-state index is 15.5. The van der Waals surface area contributed by atoms with Gasteiger partial charge >= 0.3 is 11.9 Å². The van der Waals surface area contributed by atoms with Crippen LogP contribution < -0.4 is 14.5 Å². The van der Waals surface area contributed by atoms with Gasteiger partial charge in [-0.25, -0.2) is 13.4 Å². The summed E-state index contributed by atoms with van der Waals surface area (Å²) < 4.78 is 86.5. The van der Waals surface area contributed by atoms with Crippen LogP contribution in [0.25, 0.3) is 0 Å². The molecule has 40 heavy (non-hydrogen) atoms. The maximum absolute atomic E-state index is 15.5. The van der Waals surface area contributed by atoms with E-state index >= 15 is 13.2 Å². The molecule has 5 rings (SSSR count). The highest BCUT2D eigenvalue weighted by atomic mass is 32.2. The molecule has 1 aliphatic rings. The fraction of sp³-hybridized carbons (Fsp3) is 0.138. The highest BCUT2D eigenvalue weighted by molar-refractivity contribution is 7.92. The summed E-state index contributed by atoms with van der Waals surface area (Å²) in [6.45, 7) is 1.79. The second kappa shape index (κ2) is 10.2. The SMILES string of the molecule is COc1ccc(NS(=O)(=O)c2ccc(C)cc2)c(C2(C(F)(F)F)OC(c3ccccc3)=NN2c2ccccc2)c1. The molecule has 206 valence electrons. The van der Waals surface area contributed by atoms with Crippen molar-refractivity contribution in [2.45, 2.75) is 23.7 Å². The average molecular weight is 568 g/mol. The number of rotatable bonds is 7. The molecule has 4 aromatic rings. The van der Waals surface area contributed by atoms with Gasteiger partial charge in [-0.15, -0.1) is 5.10 Å². The lowest BCUT2D eigenvalue weighted by atomic mass is 9.98. The van der Waals surface area contributed by atoms with Gasteiger partial charge in [-0.3, -0.25) is 4.72 Å². The minimum atomic E-state index is -5.13. The number of benzene rings is 4. The molecule has 11 heteroatoms. The van der Waals surface area contributed by atoms with Crippen LogP contribution in [0.1, 0.15) is 16.7 Å². The van der Waals surface area contributed by atoms with Crippen LogP contribution in [0.3, 0.4) is 0 Å². The summed E-state index contributed by atoms with van der Waals surface area (Å²) in [4.78, 5) is -0.116. The number of ether oxygens (including phenoxy) is 2. The zero-order valence-electron chi connectivity index (χ0n) is 21.4. The summed E-state index contributed by atoms with van der Waals surface area (Å²) in [5.41, 5.74) is -2.99. The van der Waals surface area contributed by atoms with Gasteiger partial charge in [0.05, 0.1) is 28.9 Å². The first-order valence-electron chi connectivity index (χ1n) is 12.1. The van der Waals surface area contributed by atoms with E-state index in [9.17, 15) is 8.42 Å². The lowest BCUT2D eigenvalue weighted by molar-refractivity contribution is -0.253. The van der Waals surface area contributed by atoms with Crippen LogP contribution in [0, 0.1) is 6.92 Å². The molecule has 0 aromatic heterocycles. The molecule has 1 aliphatic heterocycles. The summed E-state index contributed by atoms with van der Waals surface area (Å²) in [5.74, 6) is -0.237. The minimum absolute atomic E-state index is 0.0571. The van der Waals surface area contributed by atoms with Gasteiger partial charge < -0.3 is 9.47 Å². The standard InChI is InChI=1S/C29H24F3N3O4S/c1-20-13-16-24(17-14-20)40(36,37)34-26-18-15-23(38-2)19-25(26)28(29(30,31)32)35(22-11-7-4-8-12-22)33-27(39-28)21-9-5-3-6-10-21/h3-19,34H,1-2H3. The Morgan fingerprint density at radius 1 is 0.900 bits per heavy atom. The molecule has 0 amide bonds. The molecule has 7 nitrogen and oxygen atoms in total. The summed E-state index contributed by atoms with van der Waals surface area (Å²) in [6, 6.07) is 25.5. The van der Waals surface area contributed by atoms with Crippen LogP contribution in [0.5, 0.6) is 5.75 Å². The van der Waals surface area contributed by atoms with Crippen LogP contribution in [-0.2, 0) is 20.5 Å². The lowest BCUT2D eigenvalue weighted by Gasteiger charge is -2.38. The number of sulfonamides is 1. The zero-order valence-corrected chi connectivity index (χ0v) is 22.2. The second-order valence-corrected chi connectivity index (χ2v) is 10.7. The largest absolute Gasteiger partial charge is 0.497 e. The van der Waals surface area contributed by atoms with Gasteiger partial charge in [-0.05, 0) is 61.5 Å². The van der Waals surface area contributed by atoms with Crippen molar-refractivity contribution in [2.75, 3.05) is 16.8 Å². The van der Waals surface area contributed by atoms with E-state index in [-0.39, 0.29) is 27.9 Å². The van der Waals surface area contributed by atoms with E-state index in [0.29, 0.717) is 10.6 Å². The second-order valence-electron chi connectivity index (χ2n) is 8.99. The van der Waals surface area contributed by atoms with E-state index in [1.807, 2.05) is 0 Å². The van der Waals surface area contributed by atoms with Crippen LogP contribution in [0.2, 0.25) is 0 Å². The summed E-state index contributed by atoms with van der Waals surface area (Å²) in [6.07, 6.45) is -5.13. The molecule has 0 fully saturated rings. The van der Waals surface area contributed by atoms with Crippen molar-refractivity contribution < 1.29 is 31.1 Å². The monoisotopic (exact) mass is 567 g/mol. The van der Waals surface area contributed by atoms with Crippen molar-refractivity contribution >= 4 is 27.3 Å². The number of nitrogens with zero attached hydrogens (tertiary/aromatic N) is 2. The first-order chi connectivity index (χ1) is 19.0. The number of methoxy groups -OCH3 is 1. The number of aryl methyl sites for hydroxylation is 1. The highest BCUT2D eigenvalue weighted by Gasteiger charge is 2.68. The first kappa shape index (κ1) is 27.1. The fourth-order valence-electron chi connectivity index (χ4n) is 4.31. The third kappa shape index (κ3) is 4.84. The lowest BCUT2D eigenvalue weighted by Crippen LogP contribution is -2.54. The first-order valence-corrected chi connectivity index (χ1v) is 13.6. The number of halogens is 3. The van der Waals surface area contributed by atoms with E-state index in [2.05, 4.69) is 9.82 Å². The molecule has 4 aromatic carbocycles. The molecule has 1 heterocycles. The number of anilines is 2. The molecule has 0 saturated carbocycles. The van der Waals surface area contributed by atoms with E-state index in [1.165, 1.54) is 43.5 Å². The summed E-state index contributed by atoms with van der Waals surface area (Å²) in [7, 11) is -2.99. The predicted molar refractivity (Wildman–Crippen MR) is 146 cm³/mol. The van der Waals surface area contributed by atoms with Gasteiger partial charge in [0.1, 0.15) is 5.75 Å². The number of hydrogen-bond acceptors (Lipinski definition) is 6. The Hall–Kier alpha value is -4.51. The molecular formula is C29H24F3N3O4S. The van der Waals surface area contributed by atoms with Gasteiger partial charge in [-0.1, -0.05) is 54.1 Å². The van der Waals surface area contributed by atoms with Crippen LogP contribution in [0.15, 0.2) is 113 Å². The van der Waals surface area contributed by atoms with E-state index in [4.69, 9.17) is 9.47 Å². The van der Waals surface area contributed by atoms with Gasteiger partial charge in [0, 0.05) is 5.56 Å². The molecule has 0 bridgehead atoms. The smallest absolute Gasteiger partial charge is 0.455 e. The van der Waals surface area contributed by atoms with Crippen molar-refractivity contribution in [2.24, 2.45) is 5.10 Å². The van der Waals surface area contributed by atoms with Crippen molar-refractivity contribution in [3.63, 3.8) is 0 Å². The Morgan fingerprint density at radius 3 is 2.12 bits per heavy atom. The number of para-hydroxylation sites is 1. The Morgan fingerprint density at radius 2 is 1.52 bits per heavy atom. The van der Waals surface area contributed by atoms with Crippen molar-refractivity contribution in [3.05, 3.63) is 120 Å². The molecule has 0 saturated heterocycles. The minimum Gasteiger partial charge on any atom is -0.497 e. The normalized spacial score (nSPS) is 17.2. The Kier molecular flexibility index (Phi) is 6.92. The van der Waals surface area contributed by atoms with Gasteiger partial charge in [-0.2, -0.15) is 13.2 Å². The van der Waals surface area contributed by atoms with Gasteiger partial charge in [0.2, 0.25) is 5.90 Å². The Balaban J connectivity index is 1.74. The van der Waals surface area contributed by atoms with E-state index < -0.39 is 27.5 Å². The Bertz CT molecular complexity index is 1650. The molecule has 0 spiro atoms. The molecular weight excluding hydrogens is 543 g/mol.